The monoisotopic (exact) mass is 340 g/mol. The van der Waals surface area contributed by atoms with Crippen LogP contribution >= 0.6 is 31.9 Å². The van der Waals surface area contributed by atoms with Crippen molar-refractivity contribution in [2.75, 3.05) is 5.33 Å². The van der Waals surface area contributed by atoms with Crippen molar-refractivity contribution in [2.45, 2.75) is 76.0 Å². The number of hydrogen-bond acceptors (Lipinski definition) is 0. The Morgan fingerprint density at radius 3 is 1.87 bits per heavy atom. The minimum atomic E-state index is 0.733. The topological polar surface area (TPSA) is 0 Å². The molecule has 1 unspecified atom stereocenters. The maximum atomic E-state index is 3.71. The summed E-state index contributed by atoms with van der Waals surface area (Å²) in [6, 6.07) is 0. The van der Waals surface area contributed by atoms with E-state index in [9.17, 15) is 0 Å². The molecule has 1 atom stereocenters. The fraction of sp³-hybridized carbons (Fsp3) is 1.00. The van der Waals surface area contributed by atoms with Gasteiger partial charge in [0.15, 0.2) is 0 Å². The van der Waals surface area contributed by atoms with E-state index in [4.69, 9.17) is 0 Å². The molecule has 0 fully saturated rings. The van der Waals surface area contributed by atoms with Gasteiger partial charge in [0.2, 0.25) is 0 Å². The van der Waals surface area contributed by atoms with E-state index in [1.165, 1.54) is 64.2 Å². The predicted octanol–water partition coefficient (Wildman–Crippen LogP) is 6.07. The smallest absolute Gasteiger partial charge is 0.0153 e. The summed E-state index contributed by atoms with van der Waals surface area (Å²) in [4.78, 5) is 0.733. The summed E-state index contributed by atoms with van der Waals surface area (Å²) in [6.07, 6.45) is 14.0. The molecule has 0 aromatic rings. The molecule has 0 bridgehead atoms. The number of hydrogen-bond donors (Lipinski definition) is 0. The van der Waals surface area contributed by atoms with Crippen LogP contribution in [-0.2, 0) is 0 Å². The molecule has 0 nitrogen and oxygen atoms in total. The van der Waals surface area contributed by atoms with Crippen molar-refractivity contribution in [1.82, 2.24) is 0 Å². The molecule has 92 valence electrons. The molecule has 0 aromatic heterocycles. The zero-order valence-electron chi connectivity index (χ0n) is 10.1. The van der Waals surface area contributed by atoms with Gasteiger partial charge in [-0.25, -0.2) is 0 Å². The van der Waals surface area contributed by atoms with Gasteiger partial charge in [-0.15, -0.1) is 0 Å². The number of unbranched alkanes of at least 4 members (excludes halogenated alkanes) is 7. The van der Waals surface area contributed by atoms with Crippen molar-refractivity contribution in [3.05, 3.63) is 0 Å². The quantitative estimate of drug-likeness (QED) is 0.316. The van der Waals surface area contributed by atoms with Gasteiger partial charge < -0.3 is 0 Å². The van der Waals surface area contributed by atoms with Crippen molar-refractivity contribution < 1.29 is 0 Å². The van der Waals surface area contributed by atoms with Crippen LogP contribution < -0.4 is 0 Å². The molecule has 0 aliphatic heterocycles. The second-order valence-electron chi connectivity index (χ2n) is 4.34. The highest BCUT2D eigenvalue weighted by Crippen LogP contribution is 2.16. The van der Waals surface area contributed by atoms with E-state index in [0.717, 1.165) is 10.2 Å². The van der Waals surface area contributed by atoms with Crippen molar-refractivity contribution in [2.24, 2.45) is 0 Å². The normalized spacial score (nSPS) is 13.0. The first-order chi connectivity index (χ1) is 7.31. The highest BCUT2D eigenvalue weighted by atomic mass is 79.9. The lowest BCUT2D eigenvalue weighted by Gasteiger charge is -2.07. The first kappa shape index (κ1) is 16.0. The fourth-order valence-electron chi connectivity index (χ4n) is 1.76. The van der Waals surface area contributed by atoms with Gasteiger partial charge in [-0.05, 0) is 12.8 Å². The molecule has 0 N–H and O–H groups in total. The maximum Gasteiger partial charge on any atom is 0.0153 e. The van der Waals surface area contributed by atoms with Gasteiger partial charge in [0.05, 0.1) is 0 Å². The van der Waals surface area contributed by atoms with Crippen LogP contribution in [0.1, 0.15) is 71.1 Å². The third-order valence-corrected chi connectivity index (χ3v) is 4.17. The van der Waals surface area contributed by atoms with Crippen molar-refractivity contribution in [3.8, 4) is 0 Å². The lowest BCUT2D eigenvalue weighted by Crippen LogP contribution is -1.97. The summed E-state index contributed by atoms with van der Waals surface area (Å²) >= 11 is 7.19. The summed E-state index contributed by atoms with van der Waals surface area (Å²) in [5, 5.41) is 1.12. The van der Waals surface area contributed by atoms with Crippen molar-refractivity contribution >= 4 is 31.9 Å². The lowest BCUT2D eigenvalue weighted by molar-refractivity contribution is 0.560. The van der Waals surface area contributed by atoms with Crippen LogP contribution in [0.25, 0.3) is 0 Å². The molecule has 0 aliphatic carbocycles. The first-order valence-electron chi connectivity index (χ1n) is 6.51. The van der Waals surface area contributed by atoms with Crippen LogP contribution in [0.15, 0.2) is 0 Å². The Balaban J connectivity index is 2.98. The standard InChI is InChI=1S/C13H26Br2/c1-2-3-4-5-6-7-8-9-10-13(15)11-12-14/h13H,2-12H2,1H3. The second-order valence-corrected chi connectivity index (χ2v) is 6.43. The molecule has 0 aliphatic rings. The fourth-order valence-corrected chi connectivity index (χ4v) is 3.48. The van der Waals surface area contributed by atoms with Gasteiger partial charge in [-0.3, -0.25) is 0 Å². The summed E-state index contributed by atoms with van der Waals surface area (Å²) in [6.45, 7) is 2.28. The molecule has 0 radical (unpaired) electrons. The molecule has 0 saturated heterocycles. The number of alkyl halides is 2. The minimum Gasteiger partial charge on any atom is -0.0928 e. The second kappa shape index (κ2) is 13.0. The average molecular weight is 342 g/mol. The highest BCUT2D eigenvalue weighted by Gasteiger charge is 2.01. The third-order valence-electron chi connectivity index (χ3n) is 2.79. The van der Waals surface area contributed by atoms with Gasteiger partial charge in [-0.2, -0.15) is 0 Å². The van der Waals surface area contributed by atoms with Gasteiger partial charge in [0.1, 0.15) is 0 Å². The van der Waals surface area contributed by atoms with E-state index in [0.29, 0.717) is 0 Å². The zero-order valence-corrected chi connectivity index (χ0v) is 13.3. The zero-order chi connectivity index (χ0) is 11.4. The predicted molar refractivity (Wildman–Crippen MR) is 78.4 cm³/mol. The highest BCUT2D eigenvalue weighted by molar-refractivity contribution is 9.10. The van der Waals surface area contributed by atoms with Gasteiger partial charge in [0, 0.05) is 10.2 Å². The molecule has 2 heteroatoms. The Morgan fingerprint density at radius 2 is 1.33 bits per heavy atom. The Bertz CT molecular complexity index is 115. The summed E-state index contributed by atoms with van der Waals surface area (Å²) in [5.41, 5.74) is 0. The molecule has 0 aromatic carbocycles. The molecule has 0 spiro atoms. The number of halogens is 2. The molecular formula is C13H26Br2. The van der Waals surface area contributed by atoms with E-state index in [2.05, 4.69) is 38.8 Å². The van der Waals surface area contributed by atoms with Crippen LogP contribution in [0.5, 0.6) is 0 Å². The Hall–Kier alpha value is 0.960. The molecule has 15 heavy (non-hydrogen) atoms. The van der Waals surface area contributed by atoms with E-state index >= 15 is 0 Å². The van der Waals surface area contributed by atoms with Crippen LogP contribution in [-0.4, -0.2) is 10.2 Å². The van der Waals surface area contributed by atoms with E-state index in [1.54, 1.807) is 0 Å². The Morgan fingerprint density at radius 1 is 0.800 bits per heavy atom. The van der Waals surface area contributed by atoms with E-state index < -0.39 is 0 Å². The van der Waals surface area contributed by atoms with Gasteiger partial charge >= 0.3 is 0 Å². The molecular weight excluding hydrogens is 316 g/mol. The average Bonchev–Trinajstić information content (AvgIpc) is 2.22. The van der Waals surface area contributed by atoms with E-state index in [-0.39, 0.29) is 0 Å². The molecule has 0 heterocycles. The Kier molecular flexibility index (Phi) is 13.9. The Labute approximate surface area is 113 Å². The third kappa shape index (κ3) is 12.9. The summed E-state index contributed by atoms with van der Waals surface area (Å²) in [5.74, 6) is 0. The largest absolute Gasteiger partial charge is 0.0928 e. The molecule has 0 amide bonds. The van der Waals surface area contributed by atoms with Gasteiger partial charge in [0.25, 0.3) is 0 Å². The summed E-state index contributed by atoms with van der Waals surface area (Å²) in [7, 11) is 0. The first-order valence-corrected chi connectivity index (χ1v) is 8.55. The molecule has 0 rings (SSSR count). The van der Waals surface area contributed by atoms with Crippen molar-refractivity contribution in [3.63, 3.8) is 0 Å². The van der Waals surface area contributed by atoms with Crippen LogP contribution in [0.4, 0.5) is 0 Å². The van der Waals surface area contributed by atoms with Crippen LogP contribution in [0.3, 0.4) is 0 Å². The van der Waals surface area contributed by atoms with Crippen molar-refractivity contribution in [1.29, 1.82) is 0 Å². The van der Waals surface area contributed by atoms with E-state index in [1.807, 2.05) is 0 Å². The number of rotatable bonds is 11. The maximum absolute atomic E-state index is 3.71. The van der Waals surface area contributed by atoms with Crippen LogP contribution in [0, 0.1) is 0 Å². The SMILES string of the molecule is CCCCCCCCCCC(Br)CCBr. The lowest BCUT2D eigenvalue weighted by atomic mass is 10.1. The minimum absolute atomic E-state index is 0.733. The molecule has 0 saturated carbocycles. The summed E-state index contributed by atoms with van der Waals surface area (Å²) < 4.78 is 0. The van der Waals surface area contributed by atoms with Crippen LogP contribution in [0.2, 0.25) is 0 Å². The van der Waals surface area contributed by atoms with Gasteiger partial charge in [-0.1, -0.05) is 90.2 Å².